The number of aliphatic imine (C=N–C) groups is 1. The van der Waals surface area contributed by atoms with Gasteiger partial charge in [0.15, 0.2) is 5.96 Å². The number of guanidine groups is 1. The second-order valence-electron chi connectivity index (χ2n) is 8.59. The molecule has 0 fully saturated rings. The summed E-state index contributed by atoms with van der Waals surface area (Å²) in [6, 6.07) is 5.25. The molecule has 0 saturated heterocycles. The van der Waals surface area contributed by atoms with E-state index in [9.17, 15) is 9.59 Å². The molecule has 0 unspecified atom stereocenters. The van der Waals surface area contributed by atoms with E-state index in [1.807, 2.05) is 47.6 Å². The molecule has 0 spiro atoms. The SMILES string of the molecule is CCNC(=NCc1ccc(OC)c(C(=O)OC)c1)NCC(C)(C)NC(=O)OC(C)(C)C. The van der Waals surface area contributed by atoms with Crippen molar-refractivity contribution in [3.05, 3.63) is 29.3 Å². The van der Waals surface area contributed by atoms with Crippen LogP contribution < -0.4 is 20.7 Å². The molecule has 9 nitrogen and oxygen atoms in total. The molecular weight excluding hydrogens is 400 g/mol. The van der Waals surface area contributed by atoms with E-state index in [1.54, 1.807) is 12.1 Å². The molecule has 0 aliphatic carbocycles. The fraction of sp³-hybridized carbons (Fsp3) is 0.591. The molecule has 0 atom stereocenters. The van der Waals surface area contributed by atoms with E-state index < -0.39 is 23.2 Å². The highest BCUT2D eigenvalue weighted by Crippen LogP contribution is 2.21. The Kier molecular flexibility index (Phi) is 9.61. The summed E-state index contributed by atoms with van der Waals surface area (Å²) in [7, 11) is 2.83. The molecular formula is C22H36N4O5. The summed E-state index contributed by atoms with van der Waals surface area (Å²) in [6.45, 7) is 12.6. The first-order valence-electron chi connectivity index (χ1n) is 10.2. The van der Waals surface area contributed by atoms with Gasteiger partial charge in [-0.2, -0.15) is 0 Å². The van der Waals surface area contributed by atoms with E-state index in [-0.39, 0.29) is 0 Å². The number of benzene rings is 1. The Balaban J connectivity index is 2.83. The van der Waals surface area contributed by atoms with Gasteiger partial charge in [0.25, 0.3) is 0 Å². The van der Waals surface area contributed by atoms with Crippen molar-refractivity contribution in [3.63, 3.8) is 0 Å². The molecule has 0 aliphatic heterocycles. The molecule has 31 heavy (non-hydrogen) atoms. The maximum Gasteiger partial charge on any atom is 0.408 e. The molecule has 0 saturated carbocycles. The molecule has 1 aromatic rings. The maximum absolute atomic E-state index is 12.1. The first kappa shape index (κ1) is 26.1. The Morgan fingerprint density at radius 3 is 2.29 bits per heavy atom. The molecule has 1 amide bonds. The van der Waals surface area contributed by atoms with Gasteiger partial charge in [-0.1, -0.05) is 6.07 Å². The Labute approximate surface area is 184 Å². The van der Waals surface area contributed by atoms with E-state index in [4.69, 9.17) is 14.2 Å². The Morgan fingerprint density at radius 1 is 1.06 bits per heavy atom. The van der Waals surface area contributed by atoms with Crippen LogP contribution in [0.1, 0.15) is 57.5 Å². The lowest BCUT2D eigenvalue weighted by molar-refractivity contribution is 0.0473. The van der Waals surface area contributed by atoms with Crippen LogP contribution in [0.3, 0.4) is 0 Å². The van der Waals surface area contributed by atoms with Crippen LogP contribution in [-0.4, -0.2) is 56.5 Å². The van der Waals surface area contributed by atoms with E-state index in [0.29, 0.717) is 36.9 Å². The van der Waals surface area contributed by atoms with Gasteiger partial charge in [-0.25, -0.2) is 14.6 Å². The van der Waals surface area contributed by atoms with Crippen LogP contribution in [0.2, 0.25) is 0 Å². The van der Waals surface area contributed by atoms with Crippen LogP contribution in [-0.2, 0) is 16.0 Å². The first-order valence-corrected chi connectivity index (χ1v) is 10.2. The number of rotatable bonds is 8. The van der Waals surface area contributed by atoms with E-state index in [0.717, 1.165) is 5.56 Å². The van der Waals surface area contributed by atoms with Crippen molar-refractivity contribution in [2.75, 3.05) is 27.3 Å². The Bertz CT molecular complexity index is 785. The molecule has 0 aliphatic rings. The standard InChI is InChI=1S/C22H36N4O5/c1-9-23-19(25-14-22(5,6)26-20(28)31-21(2,3)4)24-13-15-10-11-17(29-7)16(12-15)18(27)30-8/h10-12H,9,13-14H2,1-8H3,(H,26,28)(H2,23,24,25). The monoisotopic (exact) mass is 436 g/mol. The third-order valence-electron chi connectivity index (χ3n) is 3.97. The van der Waals surface area contributed by atoms with Crippen molar-refractivity contribution in [3.8, 4) is 5.75 Å². The molecule has 3 N–H and O–H groups in total. The molecule has 0 bridgehead atoms. The largest absolute Gasteiger partial charge is 0.496 e. The molecule has 1 aromatic carbocycles. The highest BCUT2D eigenvalue weighted by atomic mass is 16.6. The first-order chi connectivity index (χ1) is 14.4. The Hall–Kier alpha value is -2.97. The van der Waals surface area contributed by atoms with Crippen LogP contribution in [0.15, 0.2) is 23.2 Å². The summed E-state index contributed by atoms with van der Waals surface area (Å²) in [6.07, 6.45) is -0.477. The van der Waals surface area contributed by atoms with Crippen molar-refractivity contribution in [1.29, 1.82) is 0 Å². The lowest BCUT2D eigenvalue weighted by Gasteiger charge is -2.29. The third-order valence-corrected chi connectivity index (χ3v) is 3.97. The minimum Gasteiger partial charge on any atom is -0.496 e. The second-order valence-corrected chi connectivity index (χ2v) is 8.59. The normalized spacial score (nSPS) is 12.1. The van der Waals surface area contributed by atoms with Gasteiger partial charge < -0.3 is 30.2 Å². The van der Waals surface area contributed by atoms with Gasteiger partial charge in [0.05, 0.1) is 26.3 Å². The zero-order valence-electron chi connectivity index (χ0n) is 19.8. The van der Waals surface area contributed by atoms with Gasteiger partial charge in [-0.15, -0.1) is 0 Å². The number of carbonyl (C=O) groups is 2. The third kappa shape index (κ3) is 9.59. The number of methoxy groups -OCH3 is 2. The van der Waals surface area contributed by atoms with Crippen molar-refractivity contribution < 1.29 is 23.8 Å². The number of ether oxygens (including phenoxy) is 3. The van der Waals surface area contributed by atoms with Gasteiger partial charge in [0.2, 0.25) is 0 Å². The second kappa shape index (κ2) is 11.4. The minimum absolute atomic E-state index is 0.337. The molecule has 0 radical (unpaired) electrons. The van der Waals surface area contributed by atoms with Crippen LogP contribution in [0.4, 0.5) is 4.79 Å². The molecule has 1 rings (SSSR count). The van der Waals surface area contributed by atoms with Crippen LogP contribution in [0, 0.1) is 0 Å². The molecule has 9 heteroatoms. The number of carbonyl (C=O) groups excluding carboxylic acids is 2. The van der Waals surface area contributed by atoms with E-state index in [1.165, 1.54) is 14.2 Å². The topological polar surface area (TPSA) is 110 Å². The summed E-state index contributed by atoms with van der Waals surface area (Å²) in [4.78, 5) is 28.6. The summed E-state index contributed by atoms with van der Waals surface area (Å²) >= 11 is 0. The maximum atomic E-state index is 12.1. The van der Waals surface area contributed by atoms with Crippen LogP contribution in [0.25, 0.3) is 0 Å². The number of esters is 1. The van der Waals surface area contributed by atoms with Gasteiger partial charge in [-0.05, 0) is 59.2 Å². The number of hydrogen-bond donors (Lipinski definition) is 3. The van der Waals surface area contributed by atoms with Gasteiger partial charge in [0, 0.05) is 13.1 Å². The quantitative estimate of drug-likeness (QED) is 0.326. The molecule has 0 aromatic heterocycles. The van der Waals surface area contributed by atoms with Crippen molar-refractivity contribution in [2.45, 2.75) is 59.2 Å². The smallest absolute Gasteiger partial charge is 0.408 e. The zero-order valence-corrected chi connectivity index (χ0v) is 19.8. The average molecular weight is 437 g/mol. The summed E-state index contributed by atoms with van der Waals surface area (Å²) in [5.74, 6) is 0.555. The fourth-order valence-corrected chi connectivity index (χ4v) is 2.56. The van der Waals surface area contributed by atoms with Crippen LogP contribution in [0.5, 0.6) is 5.75 Å². The number of nitrogens with zero attached hydrogens (tertiary/aromatic N) is 1. The lowest BCUT2D eigenvalue weighted by atomic mass is 10.1. The van der Waals surface area contributed by atoms with E-state index >= 15 is 0 Å². The number of hydrogen-bond acceptors (Lipinski definition) is 6. The van der Waals surface area contributed by atoms with Gasteiger partial charge in [-0.3, -0.25) is 0 Å². The van der Waals surface area contributed by atoms with Crippen molar-refractivity contribution in [1.82, 2.24) is 16.0 Å². The van der Waals surface area contributed by atoms with Gasteiger partial charge >= 0.3 is 12.1 Å². The lowest BCUT2D eigenvalue weighted by Crippen LogP contribution is -2.54. The fourth-order valence-electron chi connectivity index (χ4n) is 2.56. The summed E-state index contributed by atoms with van der Waals surface area (Å²) in [5, 5.41) is 9.24. The number of nitrogens with one attached hydrogen (secondary N) is 3. The molecule has 0 heterocycles. The van der Waals surface area contributed by atoms with Crippen molar-refractivity contribution >= 4 is 18.0 Å². The Morgan fingerprint density at radius 2 is 1.74 bits per heavy atom. The van der Waals surface area contributed by atoms with Gasteiger partial charge in [0.1, 0.15) is 16.9 Å². The minimum atomic E-state index is -0.573. The van der Waals surface area contributed by atoms with Crippen LogP contribution >= 0.6 is 0 Å². The molecule has 174 valence electrons. The summed E-state index contributed by atoms with van der Waals surface area (Å²) in [5.41, 5.74) is 0.0325. The average Bonchev–Trinajstić information content (AvgIpc) is 2.67. The number of alkyl carbamates (subject to hydrolysis) is 1. The van der Waals surface area contributed by atoms with E-state index in [2.05, 4.69) is 20.9 Å². The predicted octanol–water partition coefficient (Wildman–Crippen LogP) is 2.84. The number of amides is 1. The predicted molar refractivity (Wildman–Crippen MR) is 121 cm³/mol. The summed E-state index contributed by atoms with van der Waals surface area (Å²) < 4.78 is 15.4. The van der Waals surface area contributed by atoms with Crippen molar-refractivity contribution in [2.24, 2.45) is 4.99 Å². The zero-order chi connectivity index (χ0) is 23.7. The highest BCUT2D eigenvalue weighted by Gasteiger charge is 2.24. The highest BCUT2D eigenvalue weighted by molar-refractivity contribution is 5.92.